The van der Waals surface area contributed by atoms with Crippen LogP contribution in [0.3, 0.4) is 0 Å². The Morgan fingerprint density at radius 1 is 1.13 bits per heavy atom. The van der Waals surface area contributed by atoms with Gasteiger partial charge in [0.2, 0.25) is 0 Å². The topological polar surface area (TPSA) is 104 Å². The summed E-state index contributed by atoms with van der Waals surface area (Å²) in [6.07, 6.45) is 8.56. The van der Waals surface area contributed by atoms with E-state index in [-0.39, 0.29) is 17.7 Å². The van der Waals surface area contributed by atoms with Crippen LogP contribution in [0.1, 0.15) is 24.3 Å². The van der Waals surface area contributed by atoms with Gasteiger partial charge in [0, 0.05) is 40.4 Å². The van der Waals surface area contributed by atoms with Crippen molar-refractivity contribution in [2.75, 3.05) is 24.8 Å². The summed E-state index contributed by atoms with van der Waals surface area (Å²) in [5.74, 6) is 0.972. The zero-order valence-electron chi connectivity index (χ0n) is 23.1. The third-order valence-corrected chi connectivity index (χ3v) is 10.7. The molecule has 0 saturated heterocycles. The van der Waals surface area contributed by atoms with Crippen LogP contribution in [-0.2, 0) is 26.5 Å². The highest BCUT2D eigenvalue weighted by Crippen LogP contribution is 2.38. The van der Waals surface area contributed by atoms with Crippen LogP contribution in [0.15, 0.2) is 60.0 Å². The van der Waals surface area contributed by atoms with Gasteiger partial charge in [-0.3, -0.25) is 4.68 Å². The maximum atomic E-state index is 14.1. The third kappa shape index (κ3) is 5.79. The molecule has 0 amide bonds. The molecular formula is C27H36N6O4SSi. The summed E-state index contributed by atoms with van der Waals surface area (Å²) >= 11 is 0. The average Bonchev–Trinajstić information content (AvgIpc) is 3.51. The number of ether oxygens (including phenoxy) is 2. The second-order valence-electron chi connectivity index (χ2n) is 11.3. The Labute approximate surface area is 230 Å². The van der Waals surface area contributed by atoms with E-state index in [1.807, 2.05) is 24.3 Å². The van der Waals surface area contributed by atoms with Gasteiger partial charge in [-0.2, -0.15) is 10.2 Å². The van der Waals surface area contributed by atoms with Crippen molar-refractivity contribution in [3.8, 4) is 5.82 Å². The van der Waals surface area contributed by atoms with Crippen LogP contribution in [0.25, 0.3) is 16.7 Å². The van der Waals surface area contributed by atoms with E-state index in [1.54, 1.807) is 37.3 Å². The number of methoxy groups -OCH3 is 1. The predicted molar refractivity (Wildman–Crippen MR) is 153 cm³/mol. The van der Waals surface area contributed by atoms with Crippen molar-refractivity contribution < 1.29 is 17.9 Å². The van der Waals surface area contributed by atoms with Gasteiger partial charge in [-0.25, -0.2) is 22.4 Å². The van der Waals surface area contributed by atoms with E-state index in [2.05, 4.69) is 34.8 Å². The summed E-state index contributed by atoms with van der Waals surface area (Å²) in [6, 6.07) is 10.4. The van der Waals surface area contributed by atoms with Crippen molar-refractivity contribution in [1.82, 2.24) is 24.5 Å². The third-order valence-electron chi connectivity index (χ3n) is 7.26. The Kier molecular flexibility index (Phi) is 7.64. The first-order valence-corrected chi connectivity index (χ1v) is 18.3. The number of hydrogen-bond donors (Lipinski definition) is 0. The van der Waals surface area contributed by atoms with Crippen molar-refractivity contribution in [3.63, 3.8) is 0 Å². The first-order chi connectivity index (χ1) is 18.6. The second kappa shape index (κ2) is 10.8. The van der Waals surface area contributed by atoms with Crippen molar-refractivity contribution in [1.29, 1.82) is 0 Å². The molecule has 0 bridgehead atoms. The van der Waals surface area contributed by atoms with Crippen molar-refractivity contribution in [2.24, 2.45) is 7.05 Å². The highest BCUT2D eigenvalue weighted by Gasteiger charge is 2.31. The molecule has 5 rings (SSSR count). The summed E-state index contributed by atoms with van der Waals surface area (Å²) in [6.45, 7) is 7.17. The molecule has 0 aliphatic heterocycles. The van der Waals surface area contributed by atoms with E-state index in [4.69, 9.17) is 9.47 Å². The number of sulfonamides is 1. The molecule has 0 atom stereocenters. The number of hydrogen-bond acceptors (Lipinski definition) is 7. The molecule has 1 fully saturated rings. The molecule has 1 aromatic carbocycles. The lowest BCUT2D eigenvalue weighted by Gasteiger charge is -2.34. The molecule has 1 saturated carbocycles. The minimum Gasteiger partial charge on any atom is -0.381 e. The Hall–Kier alpha value is -3.06. The molecule has 0 radical (unpaired) electrons. The van der Waals surface area contributed by atoms with Crippen LogP contribution in [0.5, 0.6) is 0 Å². The lowest BCUT2D eigenvalue weighted by atomic mass is 9.78. The number of fused-ring (bicyclic) bond motifs is 1. The number of benzene rings is 1. The molecular weight excluding hydrogens is 532 g/mol. The highest BCUT2D eigenvalue weighted by atomic mass is 32.2. The number of para-hydroxylation sites is 1. The molecule has 3 heterocycles. The quantitative estimate of drug-likeness (QED) is 0.148. The lowest BCUT2D eigenvalue weighted by Crippen LogP contribution is -2.34. The molecule has 39 heavy (non-hydrogen) atoms. The Morgan fingerprint density at radius 3 is 2.67 bits per heavy atom. The van der Waals surface area contributed by atoms with Crippen LogP contribution in [0, 0.1) is 0 Å². The molecule has 0 spiro atoms. The summed E-state index contributed by atoms with van der Waals surface area (Å²) in [7, 11) is -1.83. The maximum absolute atomic E-state index is 14.1. The average molecular weight is 569 g/mol. The van der Waals surface area contributed by atoms with Gasteiger partial charge in [-0.1, -0.05) is 31.8 Å². The molecule has 3 aromatic heterocycles. The molecule has 0 N–H and O–H groups in total. The van der Waals surface area contributed by atoms with E-state index in [1.165, 1.54) is 21.4 Å². The second-order valence-corrected chi connectivity index (χ2v) is 18.8. The van der Waals surface area contributed by atoms with E-state index in [0.29, 0.717) is 29.5 Å². The Morgan fingerprint density at radius 2 is 1.92 bits per heavy atom. The van der Waals surface area contributed by atoms with E-state index in [9.17, 15) is 8.42 Å². The van der Waals surface area contributed by atoms with Gasteiger partial charge in [0.15, 0.2) is 5.82 Å². The van der Waals surface area contributed by atoms with Gasteiger partial charge in [-0.15, -0.1) is 0 Å². The van der Waals surface area contributed by atoms with Gasteiger partial charge in [0.05, 0.1) is 35.9 Å². The molecule has 1 aliphatic carbocycles. The number of pyridine rings is 1. The summed E-state index contributed by atoms with van der Waals surface area (Å²) < 4.78 is 44.1. The number of aromatic nitrogens is 5. The summed E-state index contributed by atoms with van der Waals surface area (Å²) in [4.78, 5) is 4.51. The minimum atomic E-state index is -4.02. The molecule has 0 unspecified atom stereocenters. The van der Waals surface area contributed by atoms with E-state index in [0.717, 1.165) is 29.8 Å². The van der Waals surface area contributed by atoms with Gasteiger partial charge >= 0.3 is 0 Å². The Balaban J connectivity index is 1.45. The van der Waals surface area contributed by atoms with Crippen LogP contribution < -0.4 is 4.31 Å². The van der Waals surface area contributed by atoms with Crippen molar-refractivity contribution >= 4 is 34.7 Å². The zero-order valence-corrected chi connectivity index (χ0v) is 24.9. The van der Waals surface area contributed by atoms with Crippen LogP contribution >= 0.6 is 0 Å². The maximum Gasteiger partial charge on any atom is 0.269 e. The molecule has 1 aliphatic rings. The molecule has 208 valence electrons. The summed E-state index contributed by atoms with van der Waals surface area (Å²) in [5.41, 5.74) is 2.37. The molecule has 10 nitrogen and oxygen atoms in total. The fourth-order valence-corrected chi connectivity index (χ4v) is 6.79. The van der Waals surface area contributed by atoms with Crippen molar-refractivity contribution in [2.45, 2.75) is 55.4 Å². The minimum absolute atomic E-state index is 0.0609. The standard InChI is InChI=1S/C27H36N6O4SSi/c1-31-27-21(16-29-31)7-6-8-25(27)33(19-37-11-12-39(3,4)5)38(34,35)24-17-30-32(18-24)26-15-20(9-10-28-26)22-13-23(14-22)36-2/h6-10,15-18,22-23H,11-14,19H2,1-5H3. The highest BCUT2D eigenvalue weighted by molar-refractivity contribution is 7.92. The van der Waals surface area contributed by atoms with Gasteiger partial charge in [0.1, 0.15) is 11.6 Å². The first kappa shape index (κ1) is 27.5. The number of anilines is 1. The fourth-order valence-electron chi connectivity index (χ4n) is 4.74. The largest absolute Gasteiger partial charge is 0.381 e. The fraction of sp³-hybridized carbons (Fsp3) is 0.444. The predicted octanol–water partition coefficient (Wildman–Crippen LogP) is 4.55. The van der Waals surface area contributed by atoms with E-state index >= 15 is 0 Å². The number of aryl methyl sites for hydroxylation is 1. The zero-order chi connectivity index (χ0) is 27.8. The summed E-state index contributed by atoms with van der Waals surface area (Å²) in [5, 5.41) is 9.56. The number of nitrogens with zero attached hydrogens (tertiary/aromatic N) is 6. The SMILES string of the molecule is COC1CC(c2ccnc(-n3cc(S(=O)(=O)N(COCC[Si](C)(C)C)c4cccc5cnn(C)c45)cn3)c2)C1. The number of rotatable bonds is 11. The van der Waals surface area contributed by atoms with Gasteiger partial charge in [-0.05, 0) is 48.6 Å². The van der Waals surface area contributed by atoms with Gasteiger partial charge < -0.3 is 9.47 Å². The molecule has 4 aromatic rings. The normalized spacial score (nSPS) is 17.9. The van der Waals surface area contributed by atoms with Crippen LogP contribution in [-0.4, -0.2) is 67.6 Å². The van der Waals surface area contributed by atoms with Crippen LogP contribution in [0.2, 0.25) is 25.7 Å². The monoisotopic (exact) mass is 568 g/mol. The van der Waals surface area contributed by atoms with Crippen molar-refractivity contribution in [3.05, 3.63) is 60.7 Å². The molecule has 12 heteroatoms. The van der Waals surface area contributed by atoms with E-state index < -0.39 is 18.1 Å². The van der Waals surface area contributed by atoms with Crippen LogP contribution in [0.4, 0.5) is 5.69 Å². The van der Waals surface area contributed by atoms with Gasteiger partial charge in [0.25, 0.3) is 10.0 Å². The lowest BCUT2D eigenvalue weighted by molar-refractivity contribution is 0.0257. The first-order valence-electron chi connectivity index (χ1n) is 13.1. The Bertz CT molecular complexity index is 1560. The smallest absolute Gasteiger partial charge is 0.269 e.